The number of nitrogens with zero attached hydrogens (tertiary/aromatic N) is 3. The van der Waals surface area contributed by atoms with Gasteiger partial charge in [0, 0.05) is 27.2 Å². The van der Waals surface area contributed by atoms with Crippen molar-refractivity contribution in [2.24, 2.45) is 0 Å². The van der Waals surface area contributed by atoms with Crippen LogP contribution in [0.5, 0.6) is 0 Å². The lowest BCUT2D eigenvalue weighted by atomic mass is 9.95. The second-order valence-electron chi connectivity index (χ2n) is 8.19. The molecule has 0 radical (unpaired) electrons. The standard InChI is InChI=1S/C23H28N4O3S3/c1-5-27-20(14-10-17(13(2)3)31-11-14)25-26-23(27)32-12-18(28)24-21-19(22(29)30-4)15-8-6-7-9-16(15)33-21/h10-11,13H,5-9,12H2,1-4H3,(H,24,28). The molecule has 0 fully saturated rings. The van der Waals surface area contributed by atoms with Crippen LogP contribution in [0.1, 0.15) is 65.2 Å². The van der Waals surface area contributed by atoms with Crippen molar-refractivity contribution in [3.63, 3.8) is 0 Å². The Labute approximate surface area is 206 Å². The maximum Gasteiger partial charge on any atom is 0.341 e. The van der Waals surface area contributed by atoms with Crippen LogP contribution in [0.15, 0.2) is 16.6 Å². The molecule has 0 atom stereocenters. The number of hydrogen-bond donors (Lipinski definition) is 1. The van der Waals surface area contributed by atoms with Gasteiger partial charge in [-0.05, 0) is 50.2 Å². The monoisotopic (exact) mass is 504 g/mol. The molecule has 33 heavy (non-hydrogen) atoms. The van der Waals surface area contributed by atoms with Crippen LogP contribution in [0.2, 0.25) is 0 Å². The Hall–Kier alpha value is -2.17. The minimum Gasteiger partial charge on any atom is -0.465 e. The second kappa shape index (κ2) is 10.4. The van der Waals surface area contributed by atoms with E-state index in [9.17, 15) is 9.59 Å². The first-order valence-corrected chi connectivity index (χ1v) is 13.8. The maximum atomic E-state index is 12.8. The highest BCUT2D eigenvalue weighted by atomic mass is 32.2. The van der Waals surface area contributed by atoms with Crippen LogP contribution >= 0.6 is 34.4 Å². The van der Waals surface area contributed by atoms with Crippen molar-refractivity contribution in [3.8, 4) is 11.4 Å². The molecule has 0 saturated carbocycles. The molecule has 4 rings (SSSR count). The summed E-state index contributed by atoms with van der Waals surface area (Å²) in [5.74, 6) is 0.916. The Balaban J connectivity index is 1.47. The lowest BCUT2D eigenvalue weighted by molar-refractivity contribution is -0.113. The van der Waals surface area contributed by atoms with Crippen molar-refractivity contribution in [2.45, 2.75) is 64.1 Å². The van der Waals surface area contributed by atoms with Crippen molar-refractivity contribution in [3.05, 3.63) is 32.3 Å². The third kappa shape index (κ3) is 5.02. The predicted octanol–water partition coefficient (Wildman–Crippen LogP) is 5.61. The Morgan fingerprint density at radius 3 is 2.76 bits per heavy atom. The Bertz CT molecular complexity index is 1160. The molecule has 1 N–H and O–H groups in total. The summed E-state index contributed by atoms with van der Waals surface area (Å²) in [6.45, 7) is 7.11. The number of carbonyl (C=O) groups is 2. The van der Waals surface area contributed by atoms with E-state index in [0.29, 0.717) is 28.2 Å². The van der Waals surface area contributed by atoms with Crippen LogP contribution in [0.25, 0.3) is 11.4 Å². The van der Waals surface area contributed by atoms with Crippen LogP contribution in [0, 0.1) is 0 Å². The zero-order chi connectivity index (χ0) is 23.5. The molecule has 10 heteroatoms. The molecule has 0 bridgehead atoms. The summed E-state index contributed by atoms with van der Waals surface area (Å²) < 4.78 is 7.03. The van der Waals surface area contributed by atoms with Gasteiger partial charge in [0.15, 0.2) is 11.0 Å². The highest BCUT2D eigenvalue weighted by molar-refractivity contribution is 7.99. The summed E-state index contributed by atoms with van der Waals surface area (Å²) in [6, 6.07) is 2.17. The normalized spacial score (nSPS) is 13.2. The highest BCUT2D eigenvalue weighted by Crippen LogP contribution is 2.39. The van der Waals surface area contributed by atoms with Gasteiger partial charge in [-0.2, -0.15) is 0 Å². The Morgan fingerprint density at radius 2 is 2.06 bits per heavy atom. The first-order chi connectivity index (χ1) is 15.9. The lowest BCUT2D eigenvalue weighted by Crippen LogP contribution is -2.17. The molecule has 1 aliphatic rings. The Kier molecular flexibility index (Phi) is 7.55. The van der Waals surface area contributed by atoms with Crippen molar-refractivity contribution in [1.82, 2.24) is 14.8 Å². The number of nitrogens with one attached hydrogen (secondary N) is 1. The van der Waals surface area contributed by atoms with E-state index in [1.807, 2.05) is 11.5 Å². The molecule has 0 unspecified atom stereocenters. The van der Waals surface area contributed by atoms with E-state index in [4.69, 9.17) is 4.74 Å². The van der Waals surface area contributed by atoms with Gasteiger partial charge in [0.25, 0.3) is 0 Å². The van der Waals surface area contributed by atoms with Crippen molar-refractivity contribution in [1.29, 1.82) is 0 Å². The number of rotatable bonds is 8. The van der Waals surface area contributed by atoms with E-state index < -0.39 is 0 Å². The third-order valence-corrected chi connectivity index (χ3v) is 9.03. The zero-order valence-electron chi connectivity index (χ0n) is 19.3. The van der Waals surface area contributed by atoms with E-state index in [1.165, 1.54) is 40.0 Å². The number of aryl methyl sites for hydroxylation is 1. The van der Waals surface area contributed by atoms with Crippen molar-refractivity contribution in [2.75, 3.05) is 18.2 Å². The lowest BCUT2D eigenvalue weighted by Gasteiger charge is -2.11. The molecule has 3 aromatic heterocycles. The van der Waals surface area contributed by atoms with Gasteiger partial charge in [0.05, 0.1) is 18.4 Å². The third-order valence-electron chi connectivity index (χ3n) is 5.63. The zero-order valence-corrected chi connectivity index (χ0v) is 21.7. The number of fused-ring (bicyclic) bond motifs is 1. The number of aromatic nitrogens is 3. The second-order valence-corrected chi connectivity index (χ2v) is 11.2. The number of thiophene rings is 2. The minimum absolute atomic E-state index is 0.173. The van der Waals surface area contributed by atoms with Gasteiger partial charge in [0.1, 0.15) is 5.00 Å². The van der Waals surface area contributed by atoms with Gasteiger partial charge in [0.2, 0.25) is 5.91 Å². The van der Waals surface area contributed by atoms with Crippen molar-refractivity contribution >= 4 is 51.3 Å². The van der Waals surface area contributed by atoms with Crippen LogP contribution in [0.4, 0.5) is 5.00 Å². The van der Waals surface area contributed by atoms with Gasteiger partial charge < -0.3 is 14.6 Å². The molecular formula is C23H28N4O3S3. The van der Waals surface area contributed by atoms with Gasteiger partial charge in [-0.3, -0.25) is 4.79 Å². The van der Waals surface area contributed by atoms with E-state index in [0.717, 1.165) is 42.6 Å². The molecule has 176 valence electrons. The number of ether oxygens (including phenoxy) is 1. The Morgan fingerprint density at radius 1 is 1.27 bits per heavy atom. The molecule has 0 aliphatic heterocycles. The number of methoxy groups -OCH3 is 1. The predicted molar refractivity (Wildman–Crippen MR) is 135 cm³/mol. The smallest absolute Gasteiger partial charge is 0.341 e. The summed E-state index contributed by atoms with van der Waals surface area (Å²) in [4.78, 5) is 27.7. The first-order valence-electron chi connectivity index (χ1n) is 11.1. The summed E-state index contributed by atoms with van der Waals surface area (Å²) in [5.41, 5.74) is 2.61. The van der Waals surface area contributed by atoms with Crippen LogP contribution in [0.3, 0.4) is 0 Å². The van der Waals surface area contributed by atoms with Crippen LogP contribution in [-0.2, 0) is 28.9 Å². The number of thioether (sulfide) groups is 1. The number of carbonyl (C=O) groups excluding carboxylic acids is 2. The number of esters is 1. The largest absolute Gasteiger partial charge is 0.465 e. The van der Waals surface area contributed by atoms with E-state index in [-0.39, 0.29) is 17.6 Å². The number of amides is 1. The molecule has 0 aromatic carbocycles. The van der Waals surface area contributed by atoms with Crippen LogP contribution < -0.4 is 5.32 Å². The highest BCUT2D eigenvalue weighted by Gasteiger charge is 2.27. The molecule has 3 heterocycles. The maximum absolute atomic E-state index is 12.8. The minimum atomic E-state index is -0.385. The van der Waals surface area contributed by atoms with Gasteiger partial charge in [-0.1, -0.05) is 25.6 Å². The molecule has 3 aromatic rings. The van der Waals surface area contributed by atoms with Gasteiger partial charge in [-0.25, -0.2) is 4.79 Å². The molecule has 1 amide bonds. The fourth-order valence-corrected chi connectivity index (χ4v) is 6.93. The summed E-state index contributed by atoms with van der Waals surface area (Å²) in [6.07, 6.45) is 3.95. The van der Waals surface area contributed by atoms with E-state index in [1.54, 1.807) is 11.3 Å². The van der Waals surface area contributed by atoms with Gasteiger partial charge >= 0.3 is 5.97 Å². The molecule has 0 spiro atoms. The number of anilines is 1. The summed E-state index contributed by atoms with van der Waals surface area (Å²) >= 11 is 4.58. The van der Waals surface area contributed by atoms with E-state index in [2.05, 4.69) is 40.8 Å². The number of hydrogen-bond acceptors (Lipinski definition) is 8. The summed E-state index contributed by atoms with van der Waals surface area (Å²) in [7, 11) is 1.38. The first kappa shape index (κ1) is 24.0. The molecular weight excluding hydrogens is 476 g/mol. The van der Waals surface area contributed by atoms with Crippen molar-refractivity contribution < 1.29 is 14.3 Å². The molecule has 1 aliphatic carbocycles. The fourth-order valence-electron chi connectivity index (χ4n) is 3.93. The van der Waals surface area contributed by atoms with E-state index >= 15 is 0 Å². The average molecular weight is 505 g/mol. The van der Waals surface area contributed by atoms with Gasteiger partial charge in [-0.15, -0.1) is 32.9 Å². The molecule has 7 nitrogen and oxygen atoms in total. The topological polar surface area (TPSA) is 86.1 Å². The fraction of sp³-hybridized carbons (Fsp3) is 0.478. The average Bonchev–Trinajstić information content (AvgIpc) is 3.52. The molecule has 0 saturated heterocycles. The van der Waals surface area contributed by atoms with Crippen LogP contribution in [-0.4, -0.2) is 39.5 Å². The quantitative estimate of drug-likeness (QED) is 0.317. The SMILES string of the molecule is CCn1c(SCC(=O)Nc2sc3c(c2C(=O)OC)CCCC3)nnc1-c1csc(C(C)C)c1. The summed E-state index contributed by atoms with van der Waals surface area (Å²) in [5, 5.41) is 15.1.